The van der Waals surface area contributed by atoms with E-state index in [2.05, 4.69) is 23.4 Å². The summed E-state index contributed by atoms with van der Waals surface area (Å²) in [6.07, 6.45) is 2.97. The van der Waals surface area contributed by atoms with Gasteiger partial charge in [-0.25, -0.2) is 9.78 Å². The zero-order chi connectivity index (χ0) is 12.2. The minimum atomic E-state index is -0.909. The monoisotopic (exact) mass is 230 g/mol. The van der Waals surface area contributed by atoms with Gasteiger partial charge in [0.2, 0.25) is 0 Å². The molecule has 1 aliphatic rings. The molecule has 1 aliphatic carbocycles. The lowest BCUT2D eigenvalue weighted by Crippen LogP contribution is -1.99. The second-order valence-electron chi connectivity index (χ2n) is 5.37. The molecule has 0 radical (unpaired) electrons. The summed E-state index contributed by atoms with van der Waals surface area (Å²) < 4.78 is 2.15. The minimum Gasteiger partial charge on any atom is -0.478 e. The number of imidazole rings is 1. The fourth-order valence-electron chi connectivity index (χ4n) is 2.33. The molecule has 1 unspecified atom stereocenters. The Hall–Kier alpha value is -1.84. The molecule has 1 aromatic heterocycles. The molecule has 0 spiro atoms. The van der Waals surface area contributed by atoms with Crippen molar-refractivity contribution in [2.75, 3.05) is 0 Å². The van der Waals surface area contributed by atoms with Crippen LogP contribution in [0.15, 0.2) is 24.5 Å². The van der Waals surface area contributed by atoms with E-state index in [1.54, 1.807) is 12.1 Å². The van der Waals surface area contributed by atoms with E-state index in [-0.39, 0.29) is 5.56 Å². The molecule has 4 heteroatoms. The molecule has 1 atom stereocenters. The summed E-state index contributed by atoms with van der Waals surface area (Å²) in [5.74, 6) is -0.909. The van der Waals surface area contributed by atoms with Crippen LogP contribution in [0.4, 0.5) is 0 Å². The standard InChI is InChI=1S/C13H14N2O2/c1-13(2)6-11(13)15-7-14-9-5-8(12(16)17)3-4-10(9)15/h3-5,7,11H,6H2,1-2H3,(H,16,17). The van der Waals surface area contributed by atoms with Gasteiger partial charge in [-0.15, -0.1) is 0 Å². The number of fused-ring (bicyclic) bond motifs is 1. The normalized spacial score (nSPS) is 21.6. The van der Waals surface area contributed by atoms with Crippen molar-refractivity contribution in [3.05, 3.63) is 30.1 Å². The molecule has 1 fully saturated rings. The van der Waals surface area contributed by atoms with E-state index >= 15 is 0 Å². The average molecular weight is 230 g/mol. The van der Waals surface area contributed by atoms with Crippen molar-refractivity contribution in [2.24, 2.45) is 5.41 Å². The van der Waals surface area contributed by atoms with E-state index in [0.29, 0.717) is 11.5 Å². The first-order valence-electron chi connectivity index (χ1n) is 5.69. The number of nitrogens with zero attached hydrogens (tertiary/aromatic N) is 2. The first-order valence-corrected chi connectivity index (χ1v) is 5.69. The van der Waals surface area contributed by atoms with Gasteiger partial charge < -0.3 is 9.67 Å². The number of rotatable bonds is 2. The lowest BCUT2D eigenvalue weighted by Gasteiger charge is -2.06. The highest BCUT2D eigenvalue weighted by Crippen LogP contribution is 2.56. The lowest BCUT2D eigenvalue weighted by atomic mass is 10.1. The summed E-state index contributed by atoms with van der Waals surface area (Å²) in [5.41, 5.74) is 2.40. The third-order valence-corrected chi connectivity index (χ3v) is 3.62. The Morgan fingerprint density at radius 2 is 2.24 bits per heavy atom. The molecule has 1 saturated carbocycles. The summed E-state index contributed by atoms with van der Waals surface area (Å²) in [6.45, 7) is 4.46. The minimum absolute atomic E-state index is 0.290. The van der Waals surface area contributed by atoms with Gasteiger partial charge in [0.1, 0.15) is 0 Å². The van der Waals surface area contributed by atoms with Crippen LogP contribution in [0.5, 0.6) is 0 Å². The maximum atomic E-state index is 10.9. The van der Waals surface area contributed by atoms with Gasteiger partial charge in [0, 0.05) is 6.04 Å². The van der Waals surface area contributed by atoms with Crippen LogP contribution in [0.2, 0.25) is 0 Å². The molecule has 1 heterocycles. The topological polar surface area (TPSA) is 55.1 Å². The van der Waals surface area contributed by atoms with E-state index in [1.165, 1.54) is 0 Å². The summed E-state index contributed by atoms with van der Waals surface area (Å²) >= 11 is 0. The second kappa shape index (κ2) is 3.09. The van der Waals surface area contributed by atoms with Crippen LogP contribution in [0.1, 0.15) is 36.7 Å². The molecule has 88 valence electrons. The summed E-state index contributed by atoms with van der Waals surface area (Å²) in [6, 6.07) is 5.60. The molecule has 17 heavy (non-hydrogen) atoms. The maximum absolute atomic E-state index is 10.9. The Balaban J connectivity index is 2.09. The third-order valence-electron chi connectivity index (χ3n) is 3.62. The predicted molar refractivity (Wildman–Crippen MR) is 64.1 cm³/mol. The summed E-state index contributed by atoms with van der Waals surface area (Å²) in [7, 11) is 0. The zero-order valence-corrected chi connectivity index (χ0v) is 9.84. The van der Waals surface area contributed by atoms with Crippen LogP contribution in [0, 0.1) is 5.41 Å². The molecular weight excluding hydrogens is 216 g/mol. The van der Waals surface area contributed by atoms with Gasteiger partial charge in [0.25, 0.3) is 0 Å². The Labute approximate surface area is 98.9 Å². The predicted octanol–water partition coefficient (Wildman–Crippen LogP) is 2.71. The van der Waals surface area contributed by atoms with Gasteiger partial charge in [-0.3, -0.25) is 0 Å². The first-order chi connectivity index (χ1) is 7.99. The summed E-state index contributed by atoms with van der Waals surface area (Å²) in [4.78, 5) is 15.2. The fourth-order valence-corrected chi connectivity index (χ4v) is 2.33. The molecule has 1 aromatic carbocycles. The maximum Gasteiger partial charge on any atom is 0.335 e. The Kier molecular flexibility index (Phi) is 1.88. The van der Waals surface area contributed by atoms with Gasteiger partial charge in [-0.1, -0.05) is 13.8 Å². The molecule has 0 aliphatic heterocycles. The van der Waals surface area contributed by atoms with E-state index in [9.17, 15) is 4.79 Å². The molecule has 4 nitrogen and oxygen atoms in total. The second-order valence-corrected chi connectivity index (χ2v) is 5.37. The Bertz CT molecular complexity index is 613. The van der Waals surface area contributed by atoms with E-state index in [1.807, 2.05) is 12.4 Å². The number of aromatic nitrogens is 2. The van der Waals surface area contributed by atoms with Crippen molar-refractivity contribution in [1.82, 2.24) is 9.55 Å². The van der Waals surface area contributed by atoms with E-state index in [4.69, 9.17) is 5.11 Å². The number of carboxylic acid groups (broad SMARTS) is 1. The van der Waals surface area contributed by atoms with Crippen molar-refractivity contribution < 1.29 is 9.90 Å². The zero-order valence-electron chi connectivity index (χ0n) is 9.84. The molecule has 1 N–H and O–H groups in total. The van der Waals surface area contributed by atoms with Crippen LogP contribution in [-0.2, 0) is 0 Å². The van der Waals surface area contributed by atoms with Gasteiger partial charge in [0.05, 0.1) is 22.9 Å². The van der Waals surface area contributed by atoms with Crippen molar-refractivity contribution in [2.45, 2.75) is 26.3 Å². The molecule has 0 amide bonds. The molecule has 3 rings (SSSR count). The van der Waals surface area contributed by atoms with Crippen LogP contribution in [0.25, 0.3) is 11.0 Å². The van der Waals surface area contributed by atoms with Crippen molar-refractivity contribution in [3.8, 4) is 0 Å². The average Bonchev–Trinajstić information content (AvgIpc) is 2.74. The molecule has 2 aromatic rings. The lowest BCUT2D eigenvalue weighted by molar-refractivity contribution is 0.0697. The highest BCUT2D eigenvalue weighted by molar-refractivity contribution is 5.92. The SMILES string of the molecule is CC1(C)CC1n1cnc2cc(C(=O)O)ccc21. The fraction of sp³-hybridized carbons (Fsp3) is 0.385. The number of hydrogen-bond donors (Lipinski definition) is 1. The number of carboxylic acids is 1. The number of hydrogen-bond acceptors (Lipinski definition) is 2. The Morgan fingerprint density at radius 3 is 2.82 bits per heavy atom. The van der Waals surface area contributed by atoms with Crippen LogP contribution in [-0.4, -0.2) is 20.6 Å². The molecule has 0 bridgehead atoms. The van der Waals surface area contributed by atoms with Crippen molar-refractivity contribution in [3.63, 3.8) is 0 Å². The Morgan fingerprint density at radius 1 is 1.53 bits per heavy atom. The van der Waals surface area contributed by atoms with Crippen LogP contribution >= 0.6 is 0 Å². The van der Waals surface area contributed by atoms with Crippen molar-refractivity contribution >= 4 is 17.0 Å². The van der Waals surface area contributed by atoms with Gasteiger partial charge in [-0.05, 0) is 30.0 Å². The number of carbonyl (C=O) groups is 1. The quantitative estimate of drug-likeness (QED) is 0.863. The third kappa shape index (κ3) is 1.52. The van der Waals surface area contributed by atoms with Crippen LogP contribution in [0.3, 0.4) is 0 Å². The first kappa shape index (κ1) is 10.3. The van der Waals surface area contributed by atoms with Gasteiger partial charge in [0.15, 0.2) is 0 Å². The number of aromatic carboxylic acids is 1. The van der Waals surface area contributed by atoms with E-state index < -0.39 is 5.97 Å². The van der Waals surface area contributed by atoms with Crippen LogP contribution < -0.4 is 0 Å². The van der Waals surface area contributed by atoms with Gasteiger partial charge in [-0.2, -0.15) is 0 Å². The van der Waals surface area contributed by atoms with Crippen molar-refractivity contribution in [1.29, 1.82) is 0 Å². The highest BCUT2D eigenvalue weighted by Gasteiger charge is 2.47. The molecular formula is C13H14N2O2. The van der Waals surface area contributed by atoms with E-state index in [0.717, 1.165) is 17.5 Å². The van der Waals surface area contributed by atoms with Gasteiger partial charge >= 0.3 is 5.97 Å². The number of benzene rings is 1. The molecule has 0 saturated heterocycles. The smallest absolute Gasteiger partial charge is 0.335 e. The summed E-state index contributed by atoms with van der Waals surface area (Å²) in [5, 5.41) is 8.92. The highest BCUT2D eigenvalue weighted by atomic mass is 16.4. The largest absolute Gasteiger partial charge is 0.478 e.